The van der Waals surface area contributed by atoms with E-state index in [1.807, 2.05) is 0 Å². The summed E-state index contributed by atoms with van der Waals surface area (Å²) in [6.07, 6.45) is 2.94. The number of carbonyl (C=O) groups excluding carboxylic acids is 3. The predicted octanol–water partition coefficient (Wildman–Crippen LogP) is 1.70. The molecular formula is C18H22N2O4. The largest absolute Gasteiger partial charge is 0.368 e. The molecule has 1 saturated carbocycles. The molecule has 1 fully saturated rings. The summed E-state index contributed by atoms with van der Waals surface area (Å²) in [6, 6.07) is 6.88. The second-order valence-corrected chi connectivity index (χ2v) is 6.56. The van der Waals surface area contributed by atoms with Crippen molar-refractivity contribution in [3.8, 4) is 0 Å². The minimum Gasteiger partial charge on any atom is -0.368 e. The molecule has 3 rings (SSSR count). The summed E-state index contributed by atoms with van der Waals surface area (Å²) in [6.45, 7) is 0.0787. The third kappa shape index (κ3) is 3.06. The number of hydrogen-bond donors (Lipinski definition) is 0. The van der Waals surface area contributed by atoms with E-state index >= 15 is 0 Å². The smallest absolute Gasteiger partial charge is 0.261 e. The van der Waals surface area contributed by atoms with Gasteiger partial charge in [-0.2, -0.15) is 0 Å². The van der Waals surface area contributed by atoms with Gasteiger partial charge in [-0.1, -0.05) is 12.1 Å². The fourth-order valence-corrected chi connectivity index (χ4v) is 3.33. The summed E-state index contributed by atoms with van der Waals surface area (Å²) < 4.78 is 5.65. The van der Waals surface area contributed by atoms with Gasteiger partial charge in [-0.25, -0.2) is 0 Å². The number of rotatable bonds is 4. The molecule has 0 atom stereocenters. The molecule has 24 heavy (non-hydrogen) atoms. The highest BCUT2D eigenvalue weighted by atomic mass is 16.5. The number of fused-ring (bicyclic) bond motifs is 1. The first kappa shape index (κ1) is 16.6. The van der Waals surface area contributed by atoms with Crippen LogP contribution in [0.4, 0.5) is 0 Å². The van der Waals surface area contributed by atoms with E-state index in [0.29, 0.717) is 24.0 Å². The lowest BCUT2D eigenvalue weighted by Crippen LogP contribution is -2.43. The summed E-state index contributed by atoms with van der Waals surface area (Å²) in [4.78, 5) is 39.5. The SMILES string of the molecule is CN(C)C(=O)CO[C@H]1CC[C@H](N2C(=O)c3ccccc3C2=O)CC1. The second kappa shape index (κ2) is 6.73. The van der Waals surface area contributed by atoms with Crippen molar-refractivity contribution in [1.29, 1.82) is 0 Å². The van der Waals surface area contributed by atoms with E-state index in [4.69, 9.17) is 4.74 Å². The number of carbonyl (C=O) groups is 3. The van der Waals surface area contributed by atoms with Crippen LogP contribution in [0.15, 0.2) is 24.3 Å². The van der Waals surface area contributed by atoms with Crippen LogP contribution in [0.3, 0.4) is 0 Å². The van der Waals surface area contributed by atoms with Gasteiger partial charge in [0.1, 0.15) is 6.61 Å². The van der Waals surface area contributed by atoms with Crippen LogP contribution in [0, 0.1) is 0 Å². The Labute approximate surface area is 141 Å². The highest BCUT2D eigenvalue weighted by molar-refractivity contribution is 6.21. The first-order chi connectivity index (χ1) is 11.5. The molecule has 0 spiro atoms. The molecule has 1 aromatic carbocycles. The van der Waals surface area contributed by atoms with Crippen LogP contribution in [0.25, 0.3) is 0 Å². The highest BCUT2D eigenvalue weighted by Crippen LogP contribution is 2.31. The maximum atomic E-state index is 12.5. The number of nitrogens with zero attached hydrogens (tertiary/aromatic N) is 2. The van der Waals surface area contributed by atoms with Gasteiger partial charge < -0.3 is 9.64 Å². The molecular weight excluding hydrogens is 308 g/mol. The Balaban J connectivity index is 1.57. The van der Waals surface area contributed by atoms with Crippen molar-refractivity contribution >= 4 is 17.7 Å². The molecule has 1 aliphatic heterocycles. The fourth-order valence-electron chi connectivity index (χ4n) is 3.33. The minimum atomic E-state index is -0.192. The van der Waals surface area contributed by atoms with Crippen LogP contribution in [0.1, 0.15) is 46.4 Å². The lowest BCUT2D eigenvalue weighted by Gasteiger charge is -2.33. The van der Waals surface area contributed by atoms with Crippen LogP contribution in [-0.4, -0.2) is 60.4 Å². The molecule has 0 saturated heterocycles. The lowest BCUT2D eigenvalue weighted by molar-refractivity contribution is -0.136. The van der Waals surface area contributed by atoms with Gasteiger partial charge in [0, 0.05) is 20.1 Å². The molecule has 6 nitrogen and oxygen atoms in total. The number of likely N-dealkylation sites (N-methyl/N-ethyl adjacent to an activating group) is 1. The van der Waals surface area contributed by atoms with Crippen molar-refractivity contribution in [2.45, 2.75) is 37.8 Å². The third-order valence-corrected chi connectivity index (χ3v) is 4.78. The molecule has 1 aromatic rings. The molecule has 0 N–H and O–H groups in total. The van der Waals surface area contributed by atoms with Gasteiger partial charge in [0.05, 0.1) is 17.2 Å². The summed E-state index contributed by atoms with van der Waals surface area (Å²) in [5, 5.41) is 0. The second-order valence-electron chi connectivity index (χ2n) is 6.56. The number of ether oxygens (including phenoxy) is 1. The van der Waals surface area contributed by atoms with Crippen molar-refractivity contribution in [3.05, 3.63) is 35.4 Å². The van der Waals surface area contributed by atoms with Crippen LogP contribution >= 0.6 is 0 Å². The Hall–Kier alpha value is -2.21. The topological polar surface area (TPSA) is 66.9 Å². The molecule has 2 aliphatic rings. The van der Waals surface area contributed by atoms with Gasteiger partial charge >= 0.3 is 0 Å². The van der Waals surface area contributed by atoms with E-state index in [2.05, 4.69) is 0 Å². The van der Waals surface area contributed by atoms with Gasteiger partial charge in [-0.3, -0.25) is 19.3 Å². The molecule has 6 heteroatoms. The Morgan fingerprint density at radius 2 is 1.62 bits per heavy atom. The number of hydrogen-bond acceptors (Lipinski definition) is 4. The number of amides is 3. The first-order valence-electron chi connectivity index (χ1n) is 8.27. The van der Waals surface area contributed by atoms with Crippen molar-refractivity contribution in [2.24, 2.45) is 0 Å². The first-order valence-corrected chi connectivity index (χ1v) is 8.27. The Morgan fingerprint density at radius 1 is 1.08 bits per heavy atom. The van der Waals surface area contributed by atoms with Gasteiger partial charge in [0.25, 0.3) is 11.8 Å². The zero-order chi connectivity index (χ0) is 17.3. The van der Waals surface area contributed by atoms with Crippen LogP contribution in [-0.2, 0) is 9.53 Å². The maximum Gasteiger partial charge on any atom is 0.261 e. The molecule has 128 valence electrons. The minimum absolute atomic E-state index is 0.0142. The van der Waals surface area contributed by atoms with Gasteiger partial charge in [-0.15, -0.1) is 0 Å². The van der Waals surface area contributed by atoms with E-state index in [-0.39, 0.29) is 36.5 Å². The van der Waals surface area contributed by atoms with Crippen LogP contribution in [0.5, 0.6) is 0 Å². The predicted molar refractivity (Wildman–Crippen MR) is 87.6 cm³/mol. The average Bonchev–Trinajstić information content (AvgIpc) is 2.85. The number of benzene rings is 1. The van der Waals surface area contributed by atoms with Crippen molar-refractivity contribution in [2.75, 3.05) is 20.7 Å². The monoisotopic (exact) mass is 330 g/mol. The Morgan fingerprint density at radius 3 is 2.12 bits per heavy atom. The van der Waals surface area contributed by atoms with E-state index in [1.54, 1.807) is 38.4 Å². The van der Waals surface area contributed by atoms with Crippen molar-refractivity contribution < 1.29 is 19.1 Å². The third-order valence-electron chi connectivity index (χ3n) is 4.78. The summed E-state index contributed by atoms with van der Waals surface area (Å²) in [7, 11) is 3.40. The van der Waals surface area contributed by atoms with Crippen LogP contribution in [0.2, 0.25) is 0 Å². The fraction of sp³-hybridized carbons (Fsp3) is 0.500. The molecule has 3 amide bonds. The van der Waals surface area contributed by atoms with E-state index < -0.39 is 0 Å². The summed E-state index contributed by atoms with van der Waals surface area (Å²) >= 11 is 0. The van der Waals surface area contributed by atoms with E-state index in [1.165, 1.54) is 9.80 Å². The Kier molecular flexibility index (Phi) is 4.66. The molecule has 0 radical (unpaired) electrons. The van der Waals surface area contributed by atoms with Gasteiger partial charge in [0.2, 0.25) is 5.91 Å². The zero-order valence-corrected chi connectivity index (χ0v) is 14.0. The Bertz CT molecular complexity index is 628. The maximum absolute atomic E-state index is 12.5. The molecule has 0 unspecified atom stereocenters. The zero-order valence-electron chi connectivity index (χ0n) is 14.0. The summed E-state index contributed by atoms with van der Waals surface area (Å²) in [5.74, 6) is -0.442. The van der Waals surface area contributed by atoms with Crippen molar-refractivity contribution in [3.63, 3.8) is 0 Å². The quantitative estimate of drug-likeness (QED) is 0.788. The normalized spacial score (nSPS) is 23.3. The molecule has 1 aliphatic carbocycles. The molecule has 0 aromatic heterocycles. The summed E-state index contributed by atoms with van der Waals surface area (Å²) in [5.41, 5.74) is 0.995. The molecule has 1 heterocycles. The average molecular weight is 330 g/mol. The van der Waals surface area contributed by atoms with Gasteiger partial charge in [-0.05, 0) is 37.8 Å². The van der Waals surface area contributed by atoms with Gasteiger partial charge in [0.15, 0.2) is 0 Å². The molecule has 0 bridgehead atoms. The lowest BCUT2D eigenvalue weighted by atomic mass is 9.92. The standard InChI is InChI=1S/C18H22N2O4/c1-19(2)16(21)11-24-13-9-7-12(8-10-13)20-17(22)14-5-3-4-6-15(14)18(20)23/h3-6,12-13H,7-11H2,1-2H3/t12-,13-. The van der Waals surface area contributed by atoms with Crippen LogP contribution < -0.4 is 0 Å². The number of imide groups is 1. The van der Waals surface area contributed by atoms with Crippen molar-refractivity contribution in [1.82, 2.24) is 9.80 Å². The highest BCUT2D eigenvalue weighted by Gasteiger charge is 2.40. The van der Waals surface area contributed by atoms with E-state index in [0.717, 1.165) is 12.8 Å². The van der Waals surface area contributed by atoms with E-state index in [9.17, 15) is 14.4 Å².